The Bertz CT molecular complexity index is 1310. The molecular formula is C6H12O30P8-8. The van der Waals surface area contributed by atoms with E-state index in [1.54, 1.807) is 0 Å². The topological polar surface area (TPSA) is 516 Å². The first-order valence-corrected chi connectivity index (χ1v) is 21.3. The van der Waals surface area contributed by atoms with Gasteiger partial charge in [-0.25, -0.2) is 18.3 Å². The van der Waals surface area contributed by atoms with Crippen LogP contribution in [0.25, 0.3) is 0 Å². The van der Waals surface area contributed by atoms with Crippen LogP contribution < -0.4 is 39.1 Å². The summed E-state index contributed by atoms with van der Waals surface area (Å²) in [4.78, 5) is 145. The van der Waals surface area contributed by atoms with E-state index in [0.29, 0.717) is 0 Å². The predicted octanol–water partition coefficient (Wildman–Crippen LogP) is -7.95. The number of rotatable bonds is 16. The molecule has 1 rings (SSSR count). The summed E-state index contributed by atoms with van der Waals surface area (Å²) in [7, 11) is -53.4. The Morgan fingerprint density at radius 2 is 0.500 bits per heavy atom. The zero-order chi connectivity index (χ0) is 35.1. The maximum absolute atomic E-state index is 12.2. The zero-order valence-electron chi connectivity index (χ0n) is 19.5. The van der Waals surface area contributed by atoms with E-state index in [4.69, 9.17) is 19.6 Å². The summed E-state index contributed by atoms with van der Waals surface area (Å²) in [5, 5.41) is 0. The van der Waals surface area contributed by atoms with Gasteiger partial charge in [0.15, 0.2) is 0 Å². The van der Waals surface area contributed by atoms with Crippen LogP contribution in [-0.4, -0.2) is 66.0 Å². The molecule has 0 aromatic carbocycles. The van der Waals surface area contributed by atoms with Gasteiger partial charge < -0.3 is 105 Å². The molecule has 264 valence electrons. The molecular weight excluding hydrogens is 800 g/mol. The normalized spacial score (nSPS) is 29.1. The van der Waals surface area contributed by atoms with Crippen LogP contribution in [0.1, 0.15) is 0 Å². The molecule has 0 bridgehead atoms. The number of phosphoric acid groups is 8. The molecule has 0 saturated heterocycles. The Balaban J connectivity index is 4.23. The van der Waals surface area contributed by atoms with E-state index >= 15 is 0 Å². The van der Waals surface area contributed by atoms with Crippen LogP contribution in [0.2, 0.25) is 0 Å². The van der Waals surface area contributed by atoms with E-state index in [9.17, 15) is 85.5 Å². The summed E-state index contributed by atoms with van der Waals surface area (Å²) in [5.41, 5.74) is 0. The molecule has 0 aliphatic heterocycles. The standard InChI is InChI=1S/C6H20O30P8/c7-37(8,9)29-1-2(30-38(10,11)12)5(33-43(25,26)35-41(19,20)21)4(32-40(16,17)18)6(3(1)31-39(13,14)15)34-44(27,28)36-42(22,23)24/h1-6H,(H,25,26)(H,27,28)(H2,7,8,9)(H2,10,11,12)(H2,13,14,15)(H2,16,17,18)(H2,19,20,21)(H2,22,23,24)/p-8/t1?,2-,3-,4?,5-,6+/m1/s1. The molecule has 0 amide bonds. The molecule has 6 N–H and O–H groups in total. The largest absolute Gasteiger partial charge is 0.790 e. The lowest BCUT2D eigenvalue weighted by Crippen LogP contribution is -2.67. The highest BCUT2D eigenvalue weighted by atomic mass is 31.3. The Morgan fingerprint density at radius 1 is 0.341 bits per heavy atom. The first-order valence-electron chi connectivity index (χ1n) is 9.36. The lowest BCUT2D eigenvalue weighted by molar-refractivity contribution is -0.376. The lowest BCUT2D eigenvalue weighted by atomic mass is 9.85. The fourth-order valence-corrected chi connectivity index (χ4v) is 8.76. The van der Waals surface area contributed by atoms with Crippen molar-refractivity contribution in [2.75, 3.05) is 0 Å². The third-order valence-corrected chi connectivity index (χ3v) is 10.3. The van der Waals surface area contributed by atoms with Crippen molar-refractivity contribution >= 4 is 62.6 Å². The van der Waals surface area contributed by atoms with Crippen LogP contribution >= 0.6 is 62.6 Å². The number of hydrogen-bond acceptors (Lipinski definition) is 24. The van der Waals surface area contributed by atoms with Crippen molar-refractivity contribution in [1.29, 1.82) is 0 Å². The van der Waals surface area contributed by atoms with E-state index in [1.165, 1.54) is 0 Å². The molecule has 1 fully saturated rings. The Labute approximate surface area is 240 Å². The summed E-state index contributed by atoms with van der Waals surface area (Å²) in [6.45, 7) is 0. The van der Waals surface area contributed by atoms with Gasteiger partial charge in [0.05, 0.1) is 31.3 Å². The van der Waals surface area contributed by atoms with E-state index in [0.717, 1.165) is 0 Å². The van der Waals surface area contributed by atoms with Gasteiger partial charge in [0.25, 0.3) is 0 Å². The highest BCUT2D eigenvalue weighted by Gasteiger charge is 2.60. The number of hydrogen-bond donors (Lipinski definition) is 6. The highest BCUT2D eigenvalue weighted by molar-refractivity contribution is 7.61. The molecule has 1 aliphatic carbocycles. The second-order valence-electron chi connectivity index (χ2n) is 7.29. The Kier molecular flexibility index (Phi) is 14.1. The Morgan fingerprint density at radius 3 is 0.636 bits per heavy atom. The van der Waals surface area contributed by atoms with Crippen LogP contribution in [0, 0.1) is 0 Å². The van der Waals surface area contributed by atoms with Crippen LogP contribution in [0.15, 0.2) is 0 Å². The fraction of sp³-hybridized carbons (Fsp3) is 1.00. The van der Waals surface area contributed by atoms with Crippen LogP contribution in [-0.2, 0) is 72.3 Å². The number of phosphoric ester groups is 6. The maximum atomic E-state index is 12.2. The monoisotopic (exact) mass is 812 g/mol. The molecule has 0 heterocycles. The van der Waals surface area contributed by atoms with Crippen molar-refractivity contribution in [3.63, 3.8) is 0 Å². The van der Waals surface area contributed by atoms with Gasteiger partial charge in [-0.05, 0) is 0 Å². The smallest absolute Gasteiger partial charge is 0.481 e. The summed E-state index contributed by atoms with van der Waals surface area (Å²) in [5.74, 6) is 0. The van der Waals surface area contributed by atoms with Crippen LogP contribution in [0.3, 0.4) is 0 Å². The van der Waals surface area contributed by atoms with Crippen molar-refractivity contribution in [1.82, 2.24) is 0 Å². The van der Waals surface area contributed by atoms with Crippen molar-refractivity contribution in [2.45, 2.75) is 36.6 Å². The van der Waals surface area contributed by atoms with Crippen molar-refractivity contribution in [3.8, 4) is 0 Å². The lowest BCUT2D eigenvalue weighted by Gasteiger charge is -2.55. The van der Waals surface area contributed by atoms with Gasteiger partial charge in [0.2, 0.25) is 0 Å². The highest BCUT2D eigenvalue weighted by Crippen LogP contribution is 2.63. The Hall–Kier alpha value is 0.960. The summed E-state index contributed by atoms with van der Waals surface area (Å²) >= 11 is 0. The summed E-state index contributed by atoms with van der Waals surface area (Å²) < 4.78 is 121. The summed E-state index contributed by atoms with van der Waals surface area (Å²) in [6.07, 6.45) is -22.7. The molecule has 0 aromatic rings. The average molecular weight is 812 g/mol. The van der Waals surface area contributed by atoms with Crippen LogP contribution in [0.4, 0.5) is 0 Å². The third kappa shape index (κ3) is 16.9. The third-order valence-electron chi connectivity index (χ3n) is 3.88. The first kappa shape index (κ1) is 43.0. The molecule has 38 heteroatoms. The first-order chi connectivity index (χ1) is 19.0. The van der Waals surface area contributed by atoms with E-state index < -0.39 is 99.2 Å². The molecule has 0 aromatic heterocycles. The van der Waals surface area contributed by atoms with Gasteiger partial charge in [-0.15, -0.1) is 0 Å². The molecule has 30 nitrogen and oxygen atoms in total. The van der Waals surface area contributed by atoms with Gasteiger partial charge in [0.1, 0.15) is 36.6 Å². The molecule has 1 saturated carbocycles. The van der Waals surface area contributed by atoms with Gasteiger partial charge in [-0.3, -0.25) is 9.05 Å². The second kappa shape index (κ2) is 14.4. The molecule has 8 atom stereocenters. The van der Waals surface area contributed by atoms with Gasteiger partial charge >= 0.3 is 31.3 Å². The van der Waals surface area contributed by atoms with Gasteiger partial charge in [-0.2, -0.15) is 8.62 Å². The van der Waals surface area contributed by atoms with E-state index in [1.807, 2.05) is 0 Å². The minimum Gasteiger partial charge on any atom is -0.790 e. The van der Waals surface area contributed by atoms with E-state index in [2.05, 4.69) is 35.8 Å². The fourth-order valence-electron chi connectivity index (χ4n) is 3.05. The molecule has 0 spiro atoms. The molecule has 1 aliphatic rings. The minimum absolute atomic E-state index is 3.26. The van der Waals surface area contributed by atoms with Crippen molar-refractivity contribution in [2.24, 2.45) is 0 Å². The predicted molar refractivity (Wildman–Crippen MR) is 106 cm³/mol. The SMILES string of the molecule is O=P([O-])([O-])OC1[C@@H](OP(=O)([O-])[O-])[C@H](OP(=O)(O)OP(=O)(O)O)C(OP(=O)([O-])[O-])[C@H](OP(=O)(O)OP(=O)(O)O)[C@@H]1OP(=O)([O-])[O-]. The van der Waals surface area contributed by atoms with E-state index in [-0.39, 0.29) is 0 Å². The summed E-state index contributed by atoms with van der Waals surface area (Å²) in [6, 6.07) is 0. The van der Waals surface area contributed by atoms with Crippen molar-refractivity contribution < 1.29 is 141 Å². The van der Waals surface area contributed by atoms with Gasteiger partial charge in [0, 0.05) is 0 Å². The quantitative estimate of drug-likeness (QED) is 0.0788. The zero-order valence-corrected chi connectivity index (χ0v) is 26.7. The molecule has 4 unspecified atom stereocenters. The van der Waals surface area contributed by atoms with Gasteiger partial charge in [-0.1, -0.05) is 0 Å². The molecule has 0 radical (unpaired) electrons. The average Bonchev–Trinajstić information content (AvgIpc) is 2.62. The van der Waals surface area contributed by atoms with Crippen LogP contribution in [0.5, 0.6) is 0 Å². The maximum Gasteiger partial charge on any atom is 0.481 e. The minimum atomic E-state index is -6.91. The van der Waals surface area contributed by atoms with Crippen molar-refractivity contribution in [3.05, 3.63) is 0 Å². The molecule has 44 heavy (non-hydrogen) atoms. The second-order valence-corrected chi connectivity index (χ2v) is 17.3.